The van der Waals surface area contributed by atoms with Crippen molar-refractivity contribution >= 4 is 39.6 Å². The van der Waals surface area contributed by atoms with E-state index in [2.05, 4.69) is 26.2 Å². The van der Waals surface area contributed by atoms with Crippen LogP contribution in [0.5, 0.6) is 0 Å². The van der Waals surface area contributed by atoms with Gasteiger partial charge in [0.15, 0.2) is 0 Å². The van der Waals surface area contributed by atoms with Crippen LogP contribution < -0.4 is 5.32 Å². The van der Waals surface area contributed by atoms with Crippen LogP contribution in [0.3, 0.4) is 0 Å². The van der Waals surface area contributed by atoms with E-state index in [0.717, 1.165) is 0 Å². The highest BCUT2D eigenvalue weighted by atomic mass is 79.9. The molecule has 0 radical (unpaired) electrons. The molecule has 1 rings (SSSR count). The fraction of sp³-hybridized carbons (Fsp3) is 0. The minimum absolute atomic E-state index is 0.484. The third-order valence-corrected chi connectivity index (χ3v) is 1.86. The number of anilines is 1. The summed E-state index contributed by atoms with van der Waals surface area (Å²) in [6.07, 6.45) is 2.06. The van der Waals surface area contributed by atoms with Crippen molar-refractivity contribution in [2.24, 2.45) is 0 Å². The van der Waals surface area contributed by atoms with E-state index in [1.807, 2.05) is 0 Å². The number of rotatable bonds is 2. The van der Waals surface area contributed by atoms with Crippen molar-refractivity contribution in [2.75, 3.05) is 5.32 Å². The van der Waals surface area contributed by atoms with Gasteiger partial charge in [-0.15, -0.1) is 0 Å². The molecule has 0 spiro atoms. The maximum absolute atomic E-state index is 10.0. The van der Waals surface area contributed by atoms with Crippen molar-refractivity contribution in [2.45, 2.75) is 0 Å². The lowest BCUT2D eigenvalue weighted by Crippen LogP contribution is -1.95. The Morgan fingerprint density at radius 3 is 3.09 bits per heavy atom. The summed E-state index contributed by atoms with van der Waals surface area (Å²) >= 11 is 8.75. The van der Waals surface area contributed by atoms with Gasteiger partial charge in [0.25, 0.3) is 0 Å². The molecule has 0 bridgehead atoms. The molecule has 11 heavy (non-hydrogen) atoms. The second kappa shape index (κ2) is 3.69. The predicted molar refractivity (Wildman–Crippen MR) is 46.6 cm³/mol. The molecule has 0 saturated carbocycles. The highest BCUT2D eigenvalue weighted by Crippen LogP contribution is 2.22. The number of pyridine rings is 1. The van der Waals surface area contributed by atoms with Gasteiger partial charge in [-0.3, -0.25) is 4.79 Å². The molecule has 0 aliphatic carbocycles. The van der Waals surface area contributed by atoms with Crippen molar-refractivity contribution in [3.05, 3.63) is 21.9 Å². The van der Waals surface area contributed by atoms with Crippen molar-refractivity contribution < 1.29 is 4.79 Å². The second-order valence-corrected chi connectivity index (χ2v) is 2.94. The summed E-state index contributed by atoms with van der Waals surface area (Å²) in [6, 6.07) is 1.60. The SMILES string of the molecule is O=CNc1cc(Cl)cnc1Br. The van der Waals surface area contributed by atoms with Gasteiger partial charge >= 0.3 is 0 Å². The van der Waals surface area contributed by atoms with Crippen LogP contribution in [-0.2, 0) is 4.79 Å². The van der Waals surface area contributed by atoms with E-state index >= 15 is 0 Å². The average molecular weight is 235 g/mol. The molecule has 1 heterocycles. The normalized spacial score (nSPS) is 9.27. The van der Waals surface area contributed by atoms with Crippen molar-refractivity contribution in [1.29, 1.82) is 0 Å². The van der Waals surface area contributed by atoms with Gasteiger partial charge in [-0.25, -0.2) is 4.98 Å². The summed E-state index contributed by atoms with van der Waals surface area (Å²) in [4.78, 5) is 13.9. The number of nitrogens with one attached hydrogen (secondary N) is 1. The number of nitrogens with zero attached hydrogens (tertiary/aromatic N) is 1. The molecule has 1 N–H and O–H groups in total. The van der Waals surface area contributed by atoms with E-state index < -0.39 is 0 Å². The number of halogens is 2. The molecule has 1 aromatic rings. The number of aromatic nitrogens is 1. The Hall–Kier alpha value is -0.610. The number of carbonyl (C=O) groups excluding carboxylic acids is 1. The van der Waals surface area contributed by atoms with Gasteiger partial charge in [0, 0.05) is 6.20 Å². The highest BCUT2D eigenvalue weighted by molar-refractivity contribution is 9.10. The molecule has 0 fully saturated rings. The molecule has 0 aliphatic heterocycles. The Balaban J connectivity index is 3.01. The third kappa shape index (κ3) is 2.17. The van der Waals surface area contributed by atoms with E-state index in [4.69, 9.17) is 11.6 Å². The average Bonchev–Trinajstić information content (AvgIpc) is 1.98. The molecular weight excluding hydrogens is 231 g/mol. The van der Waals surface area contributed by atoms with Gasteiger partial charge < -0.3 is 5.32 Å². The Morgan fingerprint density at radius 2 is 2.45 bits per heavy atom. The largest absolute Gasteiger partial charge is 0.326 e. The Labute approximate surface area is 76.9 Å². The van der Waals surface area contributed by atoms with Gasteiger partial charge in [0.1, 0.15) is 4.60 Å². The number of hydrogen-bond donors (Lipinski definition) is 1. The first-order valence-corrected chi connectivity index (χ1v) is 3.92. The lowest BCUT2D eigenvalue weighted by atomic mass is 10.4. The molecule has 0 aromatic carbocycles. The van der Waals surface area contributed by atoms with Gasteiger partial charge in [-0.05, 0) is 22.0 Å². The summed E-state index contributed by atoms with van der Waals surface area (Å²) in [7, 11) is 0. The minimum atomic E-state index is 0.484. The topological polar surface area (TPSA) is 42.0 Å². The highest BCUT2D eigenvalue weighted by Gasteiger charge is 1.99. The first-order chi connectivity index (χ1) is 5.24. The lowest BCUT2D eigenvalue weighted by Gasteiger charge is -2.00. The van der Waals surface area contributed by atoms with Crippen LogP contribution in [0.25, 0.3) is 0 Å². The molecule has 3 nitrogen and oxygen atoms in total. The van der Waals surface area contributed by atoms with Crippen LogP contribution in [0.1, 0.15) is 0 Å². The van der Waals surface area contributed by atoms with Crippen LogP contribution in [0.15, 0.2) is 16.9 Å². The first-order valence-electron chi connectivity index (χ1n) is 2.75. The van der Waals surface area contributed by atoms with Crippen LogP contribution in [0, 0.1) is 0 Å². The van der Waals surface area contributed by atoms with Crippen LogP contribution in [-0.4, -0.2) is 11.4 Å². The van der Waals surface area contributed by atoms with E-state index in [1.54, 1.807) is 6.07 Å². The van der Waals surface area contributed by atoms with E-state index in [-0.39, 0.29) is 0 Å². The summed E-state index contributed by atoms with van der Waals surface area (Å²) in [5, 5.41) is 2.93. The monoisotopic (exact) mass is 234 g/mol. The zero-order chi connectivity index (χ0) is 8.27. The fourth-order valence-corrected chi connectivity index (χ4v) is 1.08. The molecular formula is C6H4BrClN2O. The van der Waals surface area contributed by atoms with Crippen LogP contribution in [0.4, 0.5) is 5.69 Å². The first kappa shape index (κ1) is 8.49. The second-order valence-electron chi connectivity index (χ2n) is 1.75. The summed E-state index contributed by atoms with van der Waals surface area (Å²) in [5.41, 5.74) is 0.563. The smallest absolute Gasteiger partial charge is 0.211 e. The molecule has 1 aromatic heterocycles. The fourth-order valence-electron chi connectivity index (χ4n) is 0.587. The summed E-state index contributed by atoms with van der Waals surface area (Å²) in [6.45, 7) is 0. The molecule has 0 saturated heterocycles. The van der Waals surface area contributed by atoms with Crippen molar-refractivity contribution in [1.82, 2.24) is 4.98 Å². The van der Waals surface area contributed by atoms with Crippen LogP contribution >= 0.6 is 27.5 Å². The number of hydrogen-bond acceptors (Lipinski definition) is 2. The molecule has 58 valence electrons. The predicted octanol–water partition coefficient (Wildman–Crippen LogP) is 2.07. The van der Waals surface area contributed by atoms with Gasteiger partial charge in [-0.1, -0.05) is 11.6 Å². The Kier molecular flexibility index (Phi) is 2.84. The minimum Gasteiger partial charge on any atom is -0.326 e. The summed E-state index contributed by atoms with van der Waals surface area (Å²) < 4.78 is 0.564. The van der Waals surface area contributed by atoms with E-state index in [9.17, 15) is 4.79 Å². The van der Waals surface area contributed by atoms with Gasteiger partial charge in [0.05, 0.1) is 10.7 Å². The molecule has 0 atom stereocenters. The van der Waals surface area contributed by atoms with Gasteiger partial charge in [0.2, 0.25) is 6.41 Å². The summed E-state index contributed by atoms with van der Waals surface area (Å²) in [5.74, 6) is 0. The van der Waals surface area contributed by atoms with Crippen molar-refractivity contribution in [3.8, 4) is 0 Å². The lowest BCUT2D eigenvalue weighted by molar-refractivity contribution is -0.105. The van der Waals surface area contributed by atoms with E-state index in [1.165, 1.54) is 6.20 Å². The maximum Gasteiger partial charge on any atom is 0.211 e. The van der Waals surface area contributed by atoms with Crippen molar-refractivity contribution in [3.63, 3.8) is 0 Å². The Morgan fingerprint density at radius 1 is 1.73 bits per heavy atom. The standard InChI is InChI=1S/C6H4BrClN2O/c7-6-5(10-3-11)1-4(8)2-9-6/h1-3H,(H,10,11). The number of amides is 1. The van der Waals surface area contributed by atoms with E-state index in [0.29, 0.717) is 21.7 Å². The molecule has 0 aliphatic rings. The molecule has 0 unspecified atom stereocenters. The number of carbonyl (C=O) groups is 1. The maximum atomic E-state index is 10.0. The molecule has 1 amide bonds. The Bertz CT molecular complexity index is 279. The quantitative estimate of drug-likeness (QED) is 0.630. The zero-order valence-electron chi connectivity index (χ0n) is 5.34. The zero-order valence-corrected chi connectivity index (χ0v) is 7.69. The van der Waals surface area contributed by atoms with Gasteiger partial charge in [-0.2, -0.15) is 0 Å². The van der Waals surface area contributed by atoms with Crippen LogP contribution in [0.2, 0.25) is 5.02 Å². The molecule has 5 heteroatoms. The third-order valence-electron chi connectivity index (χ3n) is 1.02.